The molecule has 16 heavy (non-hydrogen) atoms. The molecule has 0 fully saturated rings. The summed E-state index contributed by atoms with van der Waals surface area (Å²) in [5.41, 5.74) is 4.51. The van der Waals surface area contributed by atoms with Gasteiger partial charge in [0.15, 0.2) is 0 Å². The molecule has 3 rings (SSSR count). The number of aliphatic hydroxyl groups is 1. The van der Waals surface area contributed by atoms with E-state index in [1.54, 1.807) is 0 Å². The van der Waals surface area contributed by atoms with Crippen LogP contribution in [0.5, 0.6) is 0 Å². The minimum absolute atomic E-state index is 0.453. The van der Waals surface area contributed by atoms with Gasteiger partial charge in [-0.1, -0.05) is 42.0 Å². The summed E-state index contributed by atoms with van der Waals surface area (Å²) in [5, 5.41) is 12.8. The first kappa shape index (κ1) is 9.61. The van der Waals surface area contributed by atoms with Gasteiger partial charge in [-0.25, -0.2) is 0 Å². The zero-order chi connectivity index (χ0) is 11.3. The maximum atomic E-state index is 10.3. The molecule has 1 nitrogen and oxygen atoms in total. The van der Waals surface area contributed by atoms with Crippen molar-refractivity contribution in [2.75, 3.05) is 0 Å². The molecular weight excluding hydrogens is 196 g/mol. The minimum Gasteiger partial charge on any atom is -0.384 e. The van der Waals surface area contributed by atoms with Crippen LogP contribution < -0.4 is 0 Å². The van der Waals surface area contributed by atoms with Gasteiger partial charge in [0.05, 0.1) is 0 Å². The lowest BCUT2D eigenvalue weighted by atomic mass is 10.0. The van der Waals surface area contributed by atoms with E-state index in [9.17, 15) is 5.11 Å². The van der Waals surface area contributed by atoms with Crippen LogP contribution in [-0.2, 0) is 0 Å². The second-order valence-electron chi connectivity index (χ2n) is 4.57. The van der Waals surface area contributed by atoms with Crippen molar-refractivity contribution in [2.45, 2.75) is 20.0 Å². The van der Waals surface area contributed by atoms with E-state index in [0.717, 1.165) is 11.1 Å². The Kier molecular flexibility index (Phi) is 1.92. The van der Waals surface area contributed by atoms with Gasteiger partial charge in [0.1, 0.15) is 6.10 Å². The number of benzene rings is 2. The highest BCUT2D eigenvalue weighted by atomic mass is 16.3. The second kappa shape index (κ2) is 3.19. The SMILES string of the molecule is CC(C)=C1c2cccc3cccc(c23)C1O. The summed E-state index contributed by atoms with van der Waals surface area (Å²) >= 11 is 0. The summed E-state index contributed by atoms with van der Waals surface area (Å²) in [7, 11) is 0. The summed E-state index contributed by atoms with van der Waals surface area (Å²) in [5.74, 6) is 0. The van der Waals surface area contributed by atoms with Gasteiger partial charge >= 0.3 is 0 Å². The van der Waals surface area contributed by atoms with Crippen molar-refractivity contribution >= 4 is 16.3 Å². The minimum atomic E-state index is -0.453. The fourth-order valence-corrected chi connectivity index (χ4v) is 2.67. The van der Waals surface area contributed by atoms with Crippen LogP contribution in [0.4, 0.5) is 0 Å². The van der Waals surface area contributed by atoms with Crippen molar-refractivity contribution in [3.8, 4) is 0 Å². The van der Waals surface area contributed by atoms with Gasteiger partial charge in [0.25, 0.3) is 0 Å². The first-order valence-electron chi connectivity index (χ1n) is 5.57. The van der Waals surface area contributed by atoms with Gasteiger partial charge in [0, 0.05) is 0 Å². The molecule has 1 atom stereocenters. The maximum Gasteiger partial charge on any atom is 0.105 e. The van der Waals surface area contributed by atoms with E-state index in [2.05, 4.69) is 38.1 Å². The smallest absolute Gasteiger partial charge is 0.105 e. The molecule has 80 valence electrons. The Balaban J connectivity index is 2.50. The Morgan fingerprint density at radius 2 is 1.75 bits per heavy atom. The van der Waals surface area contributed by atoms with Crippen LogP contribution in [0.15, 0.2) is 42.0 Å². The predicted molar refractivity (Wildman–Crippen MR) is 67.2 cm³/mol. The monoisotopic (exact) mass is 210 g/mol. The molecule has 0 aliphatic heterocycles. The third-order valence-corrected chi connectivity index (χ3v) is 3.33. The molecule has 0 amide bonds. The van der Waals surface area contributed by atoms with E-state index >= 15 is 0 Å². The van der Waals surface area contributed by atoms with Crippen LogP contribution in [0.1, 0.15) is 31.1 Å². The maximum absolute atomic E-state index is 10.3. The summed E-state index contributed by atoms with van der Waals surface area (Å²) in [6, 6.07) is 12.4. The molecule has 1 aliphatic rings. The van der Waals surface area contributed by atoms with Crippen molar-refractivity contribution in [3.63, 3.8) is 0 Å². The van der Waals surface area contributed by atoms with E-state index in [1.165, 1.54) is 21.9 Å². The van der Waals surface area contributed by atoms with Gasteiger partial charge < -0.3 is 5.11 Å². The number of rotatable bonds is 0. The van der Waals surface area contributed by atoms with Gasteiger partial charge in [0.2, 0.25) is 0 Å². The Hall–Kier alpha value is -1.60. The highest BCUT2D eigenvalue weighted by Crippen LogP contribution is 2.45. The van der Waals surface area contributed by atoms with Gasteiger partial charge in [-0.3, -0.25) is 0 Å². The van der Waals surface area contributed by atoms with Gasteiger partial charge in [-0.2, -0.15) is 0 Å². The fourth-order valence-electron chi connectivity index (χ4n) is 2.67. The average molecular weight is 210 g/mol. The lowest BCUT2D eigenvalue weighted by Crippen LogP contribution is -1.94. The van der Waals surface area contributed by atoms with Crippen LogP contribution in [0, 0.1) is 0 Å². The van der Waals surface area contributed by atoms with Gasteiger partial charge in [-0.05, 0) is 41.3 Å². The van der Waals surface area contributed by atoms with Crippen molar-refractivity contribution in [1.29, 1.82) is 0 Å². The molecule has 1 unspecified atom stereocenters. The fraction of sp³-hybridized carbons (Fsp3) is 0.200. The summed E-state index contributed by atoms with van der Waals surface area (Å²) < 4.78 is 0. The summed E-state index contributed by atoms with van der Waals surface area (Å²) in [4.78, 5) is 0. The van der Waals surface area contributed by atoms with E-state index in [0.29, 0.717) is 0 Å². The van der Waals surface area contributed by atoms with E-state index in [1.807, 2.05) is 12.1 Å². The molecular formula is C15H14O. The van der Waals surface area contributed by atoms with Crippen LogP contribution >= 0.6 is 0 Å². The highest BCUT2D eigenvalue weighted by molar-refractivity contribution is 6.03. The first-order valence-corrected chi connectivity index (χ1v) is 5.57. The van der Waals surface area contributed by atoms with Crippen molar-refractivity contribution in [2.24, 2.45) is 0 Å². The Morgan fingerprint density at radius 3 is 2.44 bits per heavy atom. The standard InChI is InChI=1S/C15H14O/c1-9(2)13-11-7-3-5-10-6-4-8-12(14(10)11)15(13)16/h3-8,15-16H,1-2H3. The largest absolute Gasteiger partial charge is 0.384 e. The molecule has 1 heteroatoms. The molecule has 0 spiro atoms. The molecule has 1 N–H and O–H groups in total. The number of hydrogen-bond acceptors (Lipinski definition) is 1. The number of allylic oxidation sites excluding steroid dienone is 1. The molecule has 1 aliphatic carbocycles. The first-order chi connectivity index (χ1) is 7.70. The molecule has 2 aromatic rings. The predicted octanol–water partition coefficient (Wildman–Crippen LogP) is 3.68. The second-order valence-corrected chi connectivity index (χ2v) is 4.57. The van der Waals surface area contributed by atoms with E-state index in [-0.39, 0.29) is 0 Å². The molecule has 0 saturated heterocycles. The van der Waals surface area contributed by atoms with Crippen molar-refractivity contribution in [3.05, 3.63) is 53.1 Å². The third kappa shape index (κ3) is 1.09. The van der Waals surface area contributed by atoms with Crippen LogP contribution in [0.25, 0.3) is 16.3 Å². The summed E-state index contributed by atoms with van der Waals surface area (Å²) in [6.07, 6.45) is -0.453. The number of hydrogen-bond donors (Lipinski definition) is 1. The molecule has 0 heterocycles. The van der Waals surface area contributed by atoms with Crippen molar-refractivity contribution < 1.29 is 5.11 Å². The Morgan fingerprint density at radius 1 is 1.06 bits per heavy atom. The number of aliphatic hydroxyl groups excluding tert-OH is 1. The normalized spacial score (nSPS) is 18.2. The van der Waals surface area contributed by atoms with Gasteiger partial charge in [-0.15, -0.1) is 0 Å². The average Bonchev–Trinajstić information content (AvgIpc) is 2.55. The van der Waals surface area contributed by atoms with Crippen molar-refractivity contribution in [1.82, 2.24) is 0 Å². The highest BCUT2D eigenvalue weighted by Gasteiger charge is 2.27. The van der Waals surface area contributed by atoms with E-state index in [4.69, 9.17) is 0 Å². The lowest BCUT2D eigenvalue weighted by molar-refractivity contribution is 0.242. The van der Waals surface area contributed by atoms with E-state index < -0.39 is 6.10 Å². The molecule has 0 radical (unpaired) electrons. The zero-order valence-corrected chi connectivity index (χ0v) is 9.49. The van der Waals surface area contributed by atoms with Crippen LogP contribution in [-0.4, -0.2) is 5.11 Å². The molecule has 0 bridgehead atoms. The molecule has 0 aromatic heterocycles. The summed E-state index contributed by atoms with van der Waals surface area (Å²) in [6.45, 7) is 4.12. The quantitative estimate of drug-likeness (QED) is 0.703. The lowest BCUT2D eigenvalue weighted by Gasteiger charge is -2.08. The molecule has 0 saturated carbocycles. The zero-order valence-electron chi connectivity index (χ0n) is 9.49. The topological polar surface area (TPSA) is 20.2 Å². The molecule has 2 aromatic carbocycles. The third-order valence-electron chi connectivity index (χ3n) is 3.33. The Bertz CT molecular complexity index is 599. The van der Waals surface area contributed by atoms with Crippen LogP contribution in [0.3, 0.4) is 0 Å². The Labute approximate surface area is 95.0 Å². The van der Waals surface area contributed by atoms with Crippen LogP contribution in [0.2, 0.25) is 0 Å².